The molecule has 2 aliphatic rings. The van der Waals surface area contributed by atoms with Crippen LogP contribution in [-0.4, -0.2) is 125 Å². The number of carboxylic acid groups (broad SMARTS) is 1. The molecule has 13 nitrogen and oxygen atoms in total. The number of carbonyl (C=O) groups is 5. The summed E-state index contributed by atoms with van der Waals surface area (Å²) in [6.45, 7) is 1.26. The molecule has 2 saturated heterocycles. The van der Waals surface area contributed by atoms with E-state index in [0.29, 0.717) is 26.2 Å². The van der Waals surface area contributed by atoms with Crippen molar-refractivity contribution in [1.29, 1.82) is 0 Å². The van der Waals surface area contributed by atoms with Gasteiger partial charge in [0.25, 0.3) is 5.91 Å². The van der Waals surface area contributed by atoms with Crippen LogP contribution < -0.4 is 4.90 Å². The molecule has 0 aliphatic carbocycles. The van der Waals surface area contributed by atoms with Gasteiger partial charge in [0, 0.05) is 57.3 Å². The molecule has 2 atom stereocenters. The summed E-state index contributed by atoms with van der Waals surface area (Å²) in [6, 6.07) is 2.43. The van der Waals surface area contributed by atoms with Crippen molar-refractivity contribution in [2.45, 2.75) is 25.0 Å². The van der Waals surface area contributed by atoms with Crippen LogP contribution in [-0.2, 0) is 28.7 Å². The van der Waals surface area contributed by atoms with Crippen LogP contribution in [0.5, 0.6) is 0 Å². The standard InChI is InChI=1S/C22H29N5O8/c1-35-20(32)12-16-21(33)26(14-19(30)31)10-11-27(16)22(34)17(28)13-18(29)25-8-6-24(7-9-25)15-2-4-23-5-3-15/h2-5,16-17,28H,6-14H2,1H3,(H,30,31)/t16-,17?/m0/s1. The first-order valence-electron chi connectivity index (χ1n) is 11.2. The minimum absolute atomic E-state index is 0.0772. The lowest BCUT2D eigenvalue weighted by Gasteiger charge is -2.40. The number of methoxy groups -OCH3 is 1. The average Bonchev–Trinajstić information content (AvgIpc) is 2.86. The number of nitrogens with zero attached hydrogens (tertiary/aromatic N) is 5. The maximum absolute atomic E-state index is 13.0. The molecule has 2 fully saturated rings. The van der Waals surface area contributed by atoms with Crippen LogP contribution in [0.15, 0.2) is 24.5 Å². The van der Waals surface area contributed by atoms with E-state index < -0.39 is 61.2 Å². The summed E-state index contributed by atoms with van der Waals surface area (Å²) in [4.78, 5) is 71.0. The number of aliphatic carboxylic acids is 1. The van der Waals surface area contributed by atoms with E-state index in [9.17, 15) is 29.1 Å². The first-order chi connectivity index (χ1) is 16.7. The van der Waals surface area contributed by atoms with Gasteiger partial charge in [0.1, 0.15) is 18.7 Å². The molecule has 3 rings (SSSR count). The lowest BCUT2D eigenvalue weighted by Crippen LogP contribution is -2.62. The van der Waals surface area contributed by atoms with Crippen molar-refractivity contribution >= 4 is 35.3 Å². The van der Waals surface area contributed by atoms with Crippen LogP contribution in [0.2, 0.25) is 0 Å². The lowest BCUT2D eigenvalue weighted by atomic mass is 10.0. The van der Waals surface area contributed by atoms with Gasteiger partial charge >= 0.3 is 11.9 Å². The van der Waals surface area contributed by atoms with Gasteiger partial charge in [-0.05, 0) is 12.1 Å². The zero-order chi connectivity index (χ0) is 25.5. The molecule has 0 saturated carbocycles. The van der Waals surface area contributed by atoms with E-state index in [1.165, 1.54) is 0 Å². The molecule has 2 aliphatic heterocycles. The summed E-state index contributed by atoms with van der Waals surface area (Å²) in [5.74, 6) is -4.00. The smallest absolute Gasteiger partial charge is 0.323 e. The third kappa shape index (κ3) is 6.44. The van der Waals surface area contributed by atoms with Crippen molar-refractivity contribution in [3.63, 3.8) is 0 Å². The number of piperazine rings is 2. The molecule has 3 amide bonds. The Morgan fingerprint density at radius 2 is 1.74 bits per heavy atom. The zero-order valence-electron chi connectivity index (χ0n) is 19.4. The summed E-state index contributed by atoms with van der Waals surface area (Å²) < 4.78 is 4.60. The predicted octanol–water partition coefficient (Wildman–Crippen LogP) is -1.83. The molecule has 1 aromatic rings. The van der Waals surface area contributed by atoms with Crippen LogP contribution in [0, 0.1) is 0 Å². The van der Waals surface area contributed by atoms with E-state index in [-0.39, 0.29) is 13.1 Å². The fourth-order valence-corrected chi connectivity index (χ4v) is 4.20. The fourth-order valence-electron chi connectivity index (χ4n) is 4.20. The van der Waals surface area contributed by atoms with Gasteiger partial charge in [-0.3, -0.25) is 29.0 Å². The van der Waals surface area contributed by atoms with Crippen molar-refractivity contribution in [3.05, 3.63) is 24.5 Å². The normalized spacial score (nSPS) is 19.4. The number of pyridine rings is 1. The third-order valence-corrected chi connectivity index (χ3v) is 6.09. The number of amides is 3. The average molecular weight is 492 g/mol. The van der Waals surface area contributed by atoms with Gasteiger partial charge in [0.05, 0.1) is 20.0 Å². The van der Waals surface area contributed by atoms with Crippen LogP contribution >= 0.6 is 0 Å². The second kappa shape index (κ2) is 11.6. The highest BCUT2D eigenvalue weighted by Gasteiger charge is 2.41. The summed E-state index contributed by atoms with van der Waals surface area (Å²) >= 11 is 0. The van der Waals surface area contributed by atoms with Gasteiger partial charge in [-0.15, -0.1) is 0 Å². The number of rotatable bonds is 8. The number of anilines is 1. The summed E-state index contributed by atoms with van der Waals surface area (Å²) in [5, 5.41) is 19.5. The Morgan fingerprint density at radius 3 is 2.34 bits per heavy atom. The summed E-state index contributed by atoms with van der Waals surface area (Å²) in [5.41, 5.74) is 0.991. The van der Waals surface area contributed by atoms with E-state index in [0.717, 1.165) is 22.6 Å². The maximum atomic E-state index is 13.0. The largest absolute Gasteiger partial charge is 0.480 e. The van der Waals surface area contributed by atoms with E-state index in [4.69, 9.17) is 5.11 Å². The van der Waals surface area contributed by atoms with Crippen molar-refractivity contribution < 1.29 is 38.9 Å². The molecule has 1 aromatic heterocycles. The molecule has 13 heteroatoms. The highest BCUT2D eigenvalue weighted by atomic mass is 16.5. The first kappa shape index (κ1) is 25.9. The number of aromatic nitrogens is 1. The van der Waals surface area contributed by atoms with Crippen molar-refractivity contribution in [3.8, 4) is 0 Å². The molecule has 0 bridgehead atoms. The van der Waals surface area contributed by atoms with Crippen LogP contribution in [0.4, 0.5) is 5.69 Å². The lowest BCUT2D eigenvalue weighted by molar-refractivity contribution is -0.162. The number of hydrogen-bond acceptors (Lipinski definition) is 9. The fraction of sp³-hybridized carbons (Fsp3) is 0.545. The molecular formula is C22H29N5O8. The predicted molar refractivity (Wildman–Crippen MR) is 120 cm³/mol. The molecule has 1 unspecified atom stereocenters. The number of ether oxygens (including phenoxy) is 1. The summed E-state index contributed by atoms with van der Waals surface area (Å²) in [6.07, 6.45) is 0.708. The Labute approximate surface area is 201 Å². The number of esters is 1. The topological polar surface area (TPSA) is 161 Å². The highest BCUT2D eigenvalue weighted by molar-refractivity contribution is 5.95. The van der Waals surface area contributed by atoms with Gasteiger partial charge in [-0.25, -0.2) is 0 Å². The zero-order valence-corrected chi connectivity index (χ0v) is 19.4. The second-order valence-electron chi connectivity index (χ2n) is 8.27. The van der Waals surface area contributed by atoms with E-state index >= 15 is 0 Å². The number of carboxylic acids is 1. The monoisotopic (exact) mass is 491 g/mol. The third-order valence-electron chi connectivity index (χ3n) is 6.09. The first-order valence-corrected chi connectivity index (χ1v) is 11.2. The van der Waals surface area contributed by atoms with Gasteiger partial charge in [-0.1, -0.05) is 0 Å². The van der Waals surface area contributed by atoms with Crippen molar-refractivity contribution in [2.24, 2.45) is 0 Å². The quantitative estimate of drug-likeness (QED) is 0.396. The van der Waals surface area contributed by atoms with E-state index in [1.807, 2.05) is 12.1 Å². The number of aliphatic hydroxyl groups is 1. The Kier molecular flexibility index (Phi) is 8.58. The van der Waals surface area contributed by atoms with Crippen molar-refractivity contribution in [2.75, 3.05) is 57.8 Å². The van der Waals surface area contributed by atoms with Crippen LogP contribution in [0.3, 0.4) is 0 Å². The van der Waals surface area contributed by atoms with Gasteiger partial charge in [-0.2, -0.15) is 0 Å². The van der Waals surface area contributed by atoms with E-state index in [2.05, 4.69) is 14.6 Å². The molecule has 35 heavy (non-hydrogen) atoms. The molecule has 190 valence electrons. The second-order valence-corrected chi connectivity index (χ2v) is 8.27. The van der Waals surface area contributed by atoms with Gasteiger partial charge < -0.3 is 34.5 Å². The van der Waals surface area contributed by atoms with Crippen molar-refractivity contribution in [1.82, 2.24) is 19.7 Å². The maximum Gasteiger partial charge on any atom is 0.323 e. The Morgan fingerprint density at radius 1 is 1.09 bits per heavy atom. The van der Waals surface area contributed by atoms with Crippen LogP contribution in [0.1, 0.15) is 12.8 Å². The Hall–Kier alpha value is -3.74. The minimum atomic E-state index is -1.71. The number of aliphatic hydroxyl groups excluding tert-OH is 1. The molecule has 0 radical (unpaired) electrons. The highest BCUT2D eigenvalue weighted by Crippen LogP contribution is 2.19. The van der Waals surface area contributed by atoms with Crippen LogP contribution in [0.25, 0.3) is 0 Å². The minimum Gasteiger partial charge on any atom is -0.480 e. The van der Waals surface area contributed by atoms with E-state index in [1.54, 1.807) is 17.3 Å². The number of carbonyl (C=O) groups excluding carboxylic acids is 4. The molecule has 0 spiro atoms. The number of hydrogen-bond donors (Lipinski definition) is 2. The molecular weight excluding hydrogens is 462 g/mol. The van der Waals surface area contributed by atoms with Gasteiger partial charge in [0.15, 0.2) is 0 Å². The molecule has 2 N–H and O–H groups in total. The van der Waals surface area contributed by atoms with Gasteiger partial charge in [0.2, 0.25) is 11.8 Å². The SMILES string of the molecule is COC(=O)C[C@H]1C(=O)N(CC(=O)O)CCN1C(=O)C(O)CC(=O)N1CCN(c2ccncc2)CC1. The Bertz CT molecular complexity index is 950. The Balaban J connectivity index is 1.59. The summed E-state index contributed by atoms with van der Waals surface area (Å²) in [7, 11) is 1.12. The molecule has 0 aromatic carbocycles. The molecule has 3 heterocycles.